The highest BCUT2D eigenvalue weighted by Crippen LogP contribution is 2.16. The molecule has 108 valence electrons. The predicted octanol–water partition coefficient (Wildman–Crippen LogP) is 2.55. The summed E-state index contributed by atoms with van der Waals surface area (Å²) in [5.74, 6) is 0.228. The maximum absolute atomic E-state index is 10.6. The van der Waals surface area contributed by atoms with Gasteiger partial charge in [0.15, 0.2) is 0 Å². The first-order valence-corrected chi connectivity index (χ1v) is 8.10. The van der Waals surface area contributed by atoms with Gasteiger partial charge in [0.25, 0.3) is 10.1 Å². The first-order chi connectivity index (χ1) is 9.01. The van der Waals surface area contributed by atoms with E-state index in [9.17, 15) is 8.42 Å². The molecular weight excluding hydrogens is 264 g/mol. The minimum absolute atomic E-state index is 0.155. The van der Waals surface area contributed by atoms with E-state index in [1.807, 2.05) is 18.2 Å². The molecule has 0 aliphatic rings. The molecular formula is C14H22O4S. The van der Waals surface area contributed by atoms with E-state index in [0.717, 1.165) is 19.3 Å². The van der Waals surface area contributed by atoms with Crippen LogP contribution < -0.4 is 0 Å². The fourth-order valence-electron chi connectivity index (χ4n) is 2.14. The molecule has 5 heteroatoms. The molecule has 0 saturated carbocycles. The van der Waals surface area contributed by atoms with Crippen LogP contribution in [-0.4, -0.2) is 32.4 Å². The summed E-state index contributed by atoms with van der Waals surface area (Å²) in [4.78, 5) is 0. The lowest BCUT2D eigenvalue weighted by atomic mass is 9.95. The van der Waals surface area contributed by atoms with Crippen LogP contribution in [0.1, 0.15) is 24.8 Å². The van der Waals surface area contributed by atoms with Gasteiger partial charge in [-0.1, -0.05) is 36.8 Å². The van der Waals surface area contributed by atoms with Gasteiger partial charge in [-0.15, -0.1) is 0 Å². The van der Waals surface area contributed by atoms with Crippen molar-refractivity contribution in [1.82, 2.24) is 0 Å². The average Bonchev–Trinajstić information content (AvgIpc) is 2.35. The molecule has 0 radical (unpaired) electrons. The topological polar surface area (TPSA) is 63.6 Å². The van der Waals surface area contributed by atoms with Crippen LogP contribution in [0.3, 0.4) is 0 Å². The van der Waals surface area contributed by atoms with Gasteiger partial charge in [0, 0.05) is 13.7 Å². The Kier molecular flexibility index (Phi) is 7.05. The Balaban J connectivity index is 2.36. The molecule has 0 aliphatic heterocycles. The van der Waals surface area contributed by atoms with Gasteiger partial charge in [-0.3, -0.25) is 4.55 Å². The van der Waals surface area contributed by atoms with Crippen molar-refractivity contribution in [3.8, 4) is 0 Å². The molecule has 0 amide bonds. The lowest BCUT2D eigenvalue weighted by molar-refractivity contribution is 0.146. The fraction of sp³-hybridized carbons (Fsp3) is 0.571. The van der Waals surface area contributed by atoms with Crippen LogP contribution in [0.5, 0.6) is 0 Å². The van der Waals surface area contributed by atoms with Gasteiger partial charge >= 0.3 is 0 Å². The minimum atomic E-state index is -3.82. The van der Waals surface area contributed by atoms with Crippen molar-refractivity contribution in [3.05, 3.63) is 35.9 Å². The van der Waals surface area contributed by atoms with Crippen LogP contribution in [0.4, 0.5) is 0 Å². The third kappa shape index (κ3) is 7.97. The summed E-state index contributed by atoms with van der Waals surface area (Å²) in [6, 6.07) is 10.2. The summed E-state index contributed by atoms with van der Waals surface area (Å²) >= 11 is 0. The molecule has 0 spiro atoms. The SMILES string of the molecule is COC[C@H](CCCCS(=O)(=O)O)Cc1ccccc1. The number of hydrogen-bond acceptors (Lipinski definition) is 3. The normalized spacial score (nSPS) is 13.4. The van der Waals surface area contributed by atoms with Crippen molar-refractivity contribution in [2.75, 3.05) is 19.5 Å². The van der Waals surface area contributed by atoms with E-state index < -0.39 is 10.1 Å². The molecule has 1 aromatic rings. The van der Waals surface area contributed by atoms with E-state index in [1.165, 1.54) is 5.56 Å². The van der Waals surface area contributed by atoms with Crippen LogP contribution in [-0.2, 0) is 21.3 Å². The molecule has 0 heterocycles. The third-order valence-electron chi connectivity index (χ3n) is 3.03. The molecule has 4 nitrogen and oxygen atoms in total. The van der Waals surface area contributed by atoms with Crippen LogP contribution in [0.25, 0.3) is 0 Å². The molecule has 1 aromatic carbocycles. The summed E-state index contributed by atoms with van der Waals surface area (Å²) in [5.41, 5.74) is 1.26. The van der Waals surface area contributed by atoms with Crippen molar-refractivity contribution in [2.24, 2.45) is 5.92 Å². The number of methoxy groups -OCH3 is 1. The summed E-state index contributed by atoms with van der Waals surface area (Å²) in [7, 11) is -2.15. The molecule has 0 aromatic heterocycles. The van der Waals surface area contributed by atoms with Crippen LogP contribution in [0, 0.1) is 5.92 Å². The molecule has 1 N–H and O–H groups in total. The summed E-state index contributed by atoms with van der Waals surface area (Å²) in [5, 5.41) is 0. The predicted molar refractivity (Wildman–Crippen MR) is 75.8 cm³/mol. The first kappa shape index (κ1) is 16.1. The van der Waals surface area contributed by atoms with E-state index in [0.29, 0.717) is 18.9 Å². The van der Waals surface area contributed by atoms with Crippen LogP contribution in [0.2, 0.25) is 0 Å². The number of rotatable bonds is 9. The zero-order valence-electron chi connectivity index (χ0n) is 11.3. The van der Waals surface area contributed by atoms with Crippen LogP contribution >= 0.6 is 0 Å². The fourth-order valence-corrected chi connectivity index (χ4v) is 2.71. The van der Waals surface area contributed by atoms with Gasteiger partial charge in [-0.2, -0.15) is 8.42 Å². The van der Waals surface area contributed by atoms with Gasteiger partial charge < -0.3 is 4.74 Å². The van der Waals surface area contributed by atoms with Crippen molar-refractivity contribution in [2.45, 2.75) is 25.7 Å². The van der Waals surface area contributed by atoms with Crippen molar-refractivity contribution < 1.29 is 17.7 Å². The number of benzene rings is 1. The Labute approximate surface area is 115 Å². The monoisotopic (exact) mass is 286 g/mol. The lowest BCUT2D eigenvalue weighted by Gasteiger charge is -2.15. The van der Waals surface area contributed by atoms with E-state index in [1.54, 1.807) is 7.11 Å². The standard InChI is InChI=1S/C14H22O4S/c1-18-12-14(9-5-6-10-19(15,16)17)11-13-7-3-2-4-8-13/h2-4,7-8,14H,5-6,9-12H2,1H3,(H,15,16,17)/t14-/m1/s1. The van der Waals surface area contributed by atoms with Crippen molar-refractivity contribution in [3.63, 3.8) is 0 Å². The Hall–Kier alpha value is -0.910. The summed E-state index contributed by atoms with van der Waals surface area (Å²) in [6.07, 6.45) is 3.10. The second-order valence-electron chi connectivity index (χ2n) is 4.79. The Morgan fingerprint density at radius 1 is 1.21 bits per heavy atom. The summed E-state index contributed by atoms with van der Waals surface area (Å²) < 4.78 is 35.1. The molecule has 0 unspecified atom stereocenters. The molecule has 0 saturated heterocycles. The largest absolute Gasteiger partial charge is 0.384 e. The van der Waals surface area contributed by atoms with Gasteiger partial charge in [0.1, 0.15) is 0 Å². The minimum Gasteiger partial charge on any atom is -0.384 e. The van der Waals surface area contributed by atoms with Crippen molar-refractivity contribution in [1.29, 1.82) is 0 Å². The number of unbranched alkanes of at least 4 members (excludes halogenated alkanes) is 1. The Morgan fingerprint density at radius 2 is 1.89 bits per heavy atom. The smallest absolute Gasteiger partial charge is 0.264 e. The van der Waals surface area contributed by atoms with E-state index in [-0.39, 0.29) is 5.75 Å². The highest BCUT2D eigenvalue weighted by atomic mass is 32.2. The maximum atomic E-state index is 10.6. The van der Waals surface area contributed by atoms with E-state index >= 15 is 0 Å². The number of hydrogen-bond donors (Lipinski definition) is 1. The molecule has 0 aliphatic carbocycles. The van der Waals surface area contributed by atoms with Gasteiger partial charge in [-0.05, 0) is 30.7 Å². The van der Waals surface area contributed by atoms with E-state index in [2.05, 4.69) is 12.1 Å². The maximum Gasteiger partial charge on any atom is 0.264 e. The first-order valence-electron chi connectivity index (χ1n) is 6.49. The quantitative estimate of drug-likeness (QED) is 0.560. The highest BCUT2D eigenvalue weighted by Gasteiger charge is 2.11. The Bertz CT molecular complexity index is 442. The molecule has 1 atom stereocenters. The zero-order chi connectivity index (χ0) is 14.1. The highest BCUT2D eigenvalue weighted by molar-refractivity contribution is 7.85. The van der Waals surface area contributed by atoms with Crippen LogP contribution in [0.15, 0.2) is 30.3 Å². The Morgan fingerprint density at radius 3 is 2.47 bits per heavy atom. The van der Waals surface area contributed by atoms with Gasteiger partial charge in [0.05, 0.1) is 5.75 Å². The molecule has 19 heavy (non-hydrogen) atoms. The second kappa shape index (κ2) is 8.30. The molecule has 0 fully saturated rings. The molecule has 1 rings (SSSR count). The second-order valence-corrected chi connectivity index (χ2v) is 6.36. The van der Waals surface area contributed by atoms with Crippen molar-refractivity contribution >= 4 is 10.1 Å². The third-order valence-corrected chi connectivity index (χ3v) is 3.84. The van der Waals surface area contributed by atoms with Gasteiger partial charge in [-0.25, -0.2) is 0 Å². The number of ether oxygens (including phenoxy) is 1. The van der Waals surface area contributed by atoms with Gasteiger partial charge in [0.2, 0.25) is 0 Å². The molecule has 0 bridgehead atoms. The zero-order valence-corrected chi connectivity index (χ0v) is 12.1. The lowest BCUT2D eigenvalue weighted by Crippen LogP contribution is -2.12. The average molecular weight is 286 g/mol. The van der Waals surface area contributed by atoms with E-state index in [4.69, 9.17) is 9.29 Å². The summed E-state index contributed by atoms with van der Waals surface area (Å²) in [6.45, 7) is 0.667.